The Morgan fingerprint density at radius 3 is 2.57 bits per heavy atom. The highest BCUT2D eigenvalue weighted by atomic mass is 19.1. The smallest absolute Gasteiger partial charge is 0.119 e. The lowest BCUT2D eigenvalue weighted by Crippen LogP contribution is -2.27. The van der Waals surface area contributed by atoms with E-state index in [1.807, 2.05) is 12.1 Å². The van der Waals surface area contributed by atoms with Crippen LogP contribution in [0.25, 0.3) is 5.57 Å². The highest BCUT2D eigenvalue weighted by molar-refractivity contribution is 5.85. The number of allylic oxidation sites excluding steroid dienone is 1. The Labute approximate surface area is 209 Å². The first kappa shape index (κ1) is 24.3. The van der Waals surface area contributed by atoms with Gasteiger partial charge in [0.2, 0.25) is 0 Å². The lowest BCUT2D eigenvalue weighted by molar-refractivity contribution is 0.198. The average Bonchev–Trinajstić information content (AvgIpc) is 3.22. The van der Waals surface area contributed by atoms with Gasteiger partial charge in [0.15, 0.2) is 0 Å². The number of rotatable bonds is 7. The molecule has 5 rings (SSSR count). The van der Waals surface area contributed by atoms with E-state index in [-0.39, 0.29) is 12.8 Å². The Hall–Kier alpha value is -2.37. The molecule has 2 aromatic rings. The van der Waals surface area contributed by atoms with Gasteiger partial charge in [-0.1, -0.05) is 23.8 Å². The monoisotopic (exact) mass is 478 g/mol. The minimum absolute atomic E-state index is 0.170. The molecule has 2 aliphatic carbocycles. The van der Waals surface area contributed by atoms with Crippen molar-refractivity contribution in [1.29, 1.82) is 0 Å². The Bertz CT molecular complexity index is 1030. The predicted molar refractivity (Wildman–Crippen MR) is 140 cm³/mol. The molecule has 0 aromatic heterocycles. The summed E-state index contributed by atoms with van der Waals surface area (Å²) in [5.74, 6) is 1.82. The summed E-state index contributed by atoms with van der Waals surface area (Å²) in [5.41, 5.74) is 12.9. The summed E-state index contributed by atoms with van der Waals surface area (Å²) in [6.07, 6.45) is 9.48. The van der Waals surface area contributed by atoms with E-state index in [1.165, 1.54) is 22.3 Å². The summed E-state index contributed by atoms with van der Waals surface area (Å²) < 4.78 is 18.8. The number of halogens is 1. The number of fused-ring (bicyclic) bond motifs is 1. The summed E-state index contributed by atoms with van der Waals surface area (Å²) in [7, 11) is 0. The third-order valence-electron chi connectivity index (χ3n) is 8.12. The zero-order chi connectivity index (χ0) is 24.2. The highest BCUT2D eigenvalue weighted by Crippen LogP contribution is 2.43. The van der Waals surface area contributed by atoms with Gasteiger partial charge in [0.25, 0.3) is 0 Å². The van der Waals surface area contributed by atoms with E-state index in [4.69, 9.17) is 10.5 Å². The molecule has 35 heavy (non-hydrogen) atoms. The molecule has 1 saturated heterocycles. The molecule has 1 aliphatic heterocycles. The summed E-state index contributed by atoms with van der Waals surface area (Å²) in [5, 5.41) is 10.2. The number of alkyl halides is 1. The van der Waals surface area contributed by atoms with Gasteiger partial charge in [-0.25, -0.2) is 0 Å². The van der Waals surface area contributed by atoms with Crippen LogP contribution in [0.15, 0.2) is 48.0 Å². The maximum absolute atomic E-state index is 12.5. The maximum Gasteiger partial charge on any atom is 0.119 e. The number of phenolic OH excluding ortho intramolecular Hbond substituents is 1. The molecule has 2 aromatic carbocycles. The standard InChI is InChI=1S/C30H39FN2O2/c31-16-2-17-33-18-15-27(20-33)35-26-12-7-22(8-13-26)30-28(21-5-9-24(32)10-6-21)4-1-3-23-19-25(34)11-14-29(23)30/h7-8,11-14,19,21,24,27,34H,1-6,9-10,15-18,20,32H2/t21?,24?,27-/m0/s1. The van der Waals surface area contributed by atoms with Crippen molar-refractivity contribution in [2.24, 2.45) is 11.7 Å². The molecule has 0 bridgehead atoms. The molecule has 1 atom stereocenters. The van der Waals surface area contributed by atoms with Crippen molar-refractivity contribution < 1.29 is 14.2 Å². The number of ether oxygens (including phenoxy) is 1. The second kappa shape index (κ2) is 11.1. The SMILES string of the molecule is NC1CCC(C2=C(c3ccc(O[C@H]4CCN(CCCF)C4)cc3)c3ccc(O)cc3CCC2)CC1. The van der Waals surface area contributed by atoms with E-state index >= 15 is 0 Å². The Morgan fingerprint density at radius 1 is 1.00 bits per heavy atom. The van der Waals surface area contributed by atoms with Crippen molar-refractivity contribution in [3.8, 4) is 11.5 Å². The van der Waals surface area contributed by atoms with Crippen molar-refractivity contribution >= 4 is 5.57 Å². The molecule has 2 fully saturated rings. The van der Waals surface area contributed by atoms with Gasteiger partial charge in [-0.2, -0.15) is 0 Å². The summed E-state index contributed by atoms with van der Waals surface area (Å²) in [6, 6.07) is 14.8. The van der Waals surface area contributed by atoms with Crippen LogP contribution < -0.4 is 10.5 Å². The van der Waals surface area contributed by atoms with E-state index < -0.39 is 0 Å². The zero-order valence-corrected chi connectivity index (χ0v) is 20.7. The van der Waals surface area contributed by atoms with Crippen LogP contribution in [0.3, 0.4) is 0 Å². The lowest BCUT2D eigenvalue weighted by Gasteiger charge is -2.30. The third-order valence-corrected chi connectivity index (χ3v) is 8.12. The minimum Gasteiger partial charge on any atom is -0.508 e. The van der Waals surface area contributed by atoms with E-state index in [0.717, 1.165) is 76.8 Å². The molecule has 5 heteroatoms. The first-order valence-corrected chi connectivity index (χ1v) is 13.5. The molecule has 188 valence electrons. The number of likely N-dealkylation sites (tertiary alicyclic amines) is 1. The molecular formula is C30H39FN2O2. The molecule has 4 nitrogen and oxygen atoms in total. The number of hydrogen-bond acceptors (Lipinski definition) is 4. The first-order chi connectivity index (χ1) is 17.1. The van der Waals surface area contributed by atoms with Crippen LogP contribution >= 0.6 is 0 Å². The number of aromatic hydroxyl groups is 1. The second-order valence-corrected chi connectivity index (χ2v) is 10.6. The number of benzene rings is 2. The average molecular weight is 479 g/mol. The van der Waals surface area contributed by atoms with E-state index in [1.54, 1.807) is 5.57 Å². The van der Waals surface area contributed by atoms with Crippen molar-refractivity contribution in [3.05, 3.63) is 64.7 Å². The van der Waals surface area contributed by atoms with Crippen molar-refractivity contribution in [2.75, 3.05) is 26.3 Å². The minimum atomic E-state index is -0.252. The summed E-state index contributed by atoms with van der Waals surface area (Å²) >= 11 is 0. The largest absolute Gasteiger partial charge is 0.508 e. The molecule has 1 saturated carbocycles. The lowest BCUT2D eigenvalue weighted by atomic mass is 9.77. The van der Waals surface area contributed by atoms with Gasteiger partial charge in [0, 0.05) is 25.7 Å². The van der Waals surface area contributed by atoms with Crippen molar-refractivity contribution in [1.82, 2.24) is 4.90 Å². The van der Waals surface area contributed by atoms with Crippen LogP contribution in [-0.4, -0.2) is 48.5 Å². The molecule has 3 aliphatic rings. The Kier molecular flexibility index (Phi) is 7.74. The molecule has 0 amide bonds. The van der Waals surface area contributed by atoms with E-state index in [2.05, 4.69) is 35.2 Å². The van der Waals surface area contributed by atoms with Crippen LogP contribution in [0.5, 0.6) is 11.5 Å². The normalized spacial score (nSPS) is 25.4. The Balaban J connectivity index is 1.41. The molecule has 3 N–H and O–H groups in total. The van der Waals surface area contributed by atoms with Crippen molar-refractivity contribution in [3.63, 3.8) is 0 Å². The van der Waals surface area contributed by atoms with Crippen LogP contribution in [0.1, 0.15) is 68.1 Å². The van der Waals surface area contributed by atoms with Crippen LogP contribution in [-0.2, 0) is 6.42 Å². The second-order valence-electron chi connectivity index (χ2n) is 10.6. The van der Waals surface area contributed by atoms with Crippen LogP contribution in [0.4, 0.5) is 4.39 Å². The predicted octanol–water partition coefficient (Wildman–Crippen LogP) is 5.86. The Morgan fingerprint density at radius 2 is 1.80 bits per heavy atom. The number of hydrogen-bond donors (Lipinski definition) is 2. The number of phenols is 1. The zero-order valence-electron chi connectivity index (χ0n) is 20.7. The molecule has 0 radical (unpaired) electrons. The number of nitrogens with two attached hydrogens (primary N) is 1. The topological polar surface area (TPSA) is 58.7 Å². The highest BCUT2D eigenvalue weighted by Gasteiger charge is 2.28. The summed E-state index contributed by atoms with van der Waals surface area (Å²) in [4.78, 5) is 2.30. The fourth-order valence-electron chi connectivity index (χ4n) is 6.29. The molecular weight excluding hydrogens is 439 g/mol. The van der Waals surface area contributed by atoms with Gasteiger partial charge < -0.3 is 15.6 Å². The number of nitrogens with zero attached hydrogens (tertiary/aromatic N) is 1. The quantitative estimate of drug-likeness (QED) is 0.523. The van der Waals surface area contributed by atoms with E-state index in [9.17, 15) is 9.50 Å². The van der Waals surface area contributed by atoms with E-state index in [0.29, 0.717) is 24.1 Å². The molecule has 0 unspecified atom stereocenters. The van der Waals surface area contributed by atoms with Gasteiger partial charge in [-0.15, -0.1) is 0 Å². The third kappa shape index (κ3) is 5.73. The van der Waals surface area contributed by atoms with Gasteiger partial charge in [-0.05, 0) is 110 Å². The van der Waals surface area contributed by atoms with Gasteiger partial charge >= 0.3 is 0 Å². The molecule has 1 heterocycles. The maximum atomic E-state index is 12.5. The fraction of sp³-hybridized carbons (Fsp3) is 0.533. The first-order valence-electron chi connectivity index (χ1n) is 13.5. The number of aryl methyl sites for hydroxylation is 1. The van der Waals surface area contributed by atoms with Crippen LogP contribution in [0, 0.1) is 5.92 Å². The van der Waals surface area contributed by atoms with Crippen LogP contribution in [0.2, 0.25) is 0 Å². The van der Waals surface area contributed by atoms with Gasteiger partial charge in [0.05, 0.1) is 6.67 Å². The van der Waals surface area contributed by atoms with Gasteiger partial charge in [-0.3, -0.25) is 9.29 Å². The molecule has 0 spiro atoms. The summed E-state index contributed by atoms with van der Waals surface area (Å²) in [6.45, 7) is 2.41. The fourth-order valence-corrected chi connectivity index (χ4v) is 6.29. The van der Waals surface area contributed by atoms with Crippen molar-refractivity contribution in [2.45, 2.75) is 69.9 Å². The van der Waals surface area contributed by atoms with Gasteiger partial charge in [0.1, 0.15) is 17.6 Å².